The van der Waals surface area contributed by atoms with Crippen molar-refractivity contribution in [3.8, 4) is 0 Å². The number of nitrogens with zero attached hydrogens (tertiary/aromatic N) is 3. The van der Waals surface area contributed by atoms with Crippen molar-refractivity contribution in [3.63, 3.8) is 0 Å². The largest absolute Gasteiger partial charge is 0.356 e. The first-order valence-electron chi connectivity index (χ1n) is 7.37. The fourth-order valence-corrected chi connectivity index (χ4v) is 2.23. The van der Waals surface area contributed by atoms with E-state index in [1.54, 1.807) is 37.5 Å². The van der Waals surface area contributed by atoms with Gasteiger partial charge in [-0.3, -0.25) is 15.1 Å². The van der Waals surface area contributed by atoms with Crippen LogP contribution in [-0.4, -0.2) is 29.5 Å². The van der Waals surface area contributed by atoms with Crippen molar-refractivity contribution in [2.75, 3.05) is 13.6 Å². The Balaban J connectivity index is 0.00000312. The van der Waals surface area contributed by atoms with Gasteiger partial charge in [-0.15, -0.1) is 24.0 Å². The van der Waals surface area contributed by atoms with E-state index in [9.17, 15) is 10.1 Å². The third-order valence-electron chi connectivity index (χ3n) is 3.35. The van der Waals surface area contributed by atoms with Gasteiger partial charge in [0.15, 0.2) is 5.96 Å². The van der Waals surface area contributed by atoms with Gasteiger partial charge in [0.25, 0.3) is 5.69 Å². The van der Waals surface area contributed by atoms with E-state index >= 15 is 0 Å². The number of pyridine rings is 1. The molecule has 1 aromatic heterocycles. The summed E-state index contributed by atoms with van der Waals surface area (Å²) in [6.07, 6.45) is 2.49. The van der Waals surface area contributed by atoms with E-state index in [1.807, 2.05) is 6.07 Å². The molecule has 2 aromatic rings. The van der Waals surface area contributed by atoms with Crippen LogP contribution in [0.2, 0.25) is 5.15 Å². The molecule has 134 valence electrons. The Morgan fingerprint density at radius 2 is 2.04 bits per heavy atom. The maximum atomic E-state index is 11.0. The average molecular weight is 476 g/mol. The summed E-state index contributed by atoms with van der Waals surface area (Å²) in [7, 11) is 1.65. The van der Waals surface area contributed by atoms with Crippen molar-refractivity contribution in [2.45, 2.75) is 13.0 Å². The highest BCUT2D eigenvalue weighted by atomic mass is 127. The van der Waals surface area contributed by atoms with Gasteiger partial charge in [-0.05, 0) is 18.1 Å². The number of aliphatic imine (C=N–C) groups is 1. The first-order chi connectivity index (χ1) is 11.6. The summed E-state index contributed by atoms with van der Waals surface area (Å²) >= 11 is 5.75. The predicted molar refractivity (Wildman–Crippen MR) is 110 cm³/mol. The topological polar surface area (TPSA) is 92.5 Å². The van der Waals surface area contributed by atoms with Crippen LogP contribution < -0.4 is 10.6 Å². The molecule has 0 unspecified atom stereocenters. The standard InChI is InChI=1S/C16H18ClN5O2.HI/c1-18-16(19-9-8-12-6-7-15(17)20-10-12)21-11-13-4-2-3-5-14(13)22(23)24;/h2-7,10H,8-9,11H2,1H3,(H2,18,19,21);1H. The Morgan fingerprint density at radius 1 is 1.28 bits per heavy atom. The van der Waals surface area contributed by atoms with Crippen LogP contribution >= 0.6 is 35.6 Å². The first kappa shape index (κ1) is 21.1. The molecule has 9 heteroatoms. The smallest absolute Gasteiger partial charge is 0.274 e. The minimum atomic E-state index is -0.388. The maximum Gasteiger partial charge on any atom is 0.274 e. The van der Waals surface area contributed by atoms with E-state index in [-0.39, 0.29) is 34.6 Å². The fraction of sp³-hybridized carbons (Fsp3) is 0.250. The molecule has 25 heavy (non-hydrogen) atoms. The van der Waals surface area contributed by atoms with E-state index in [0.717, 1.165) is 12.0 Å². The zero-order valence-corrected chi connectivity index (χ0v) is 16.7. The van der Waals surface area contributed by atoms with Gasteiger partial charge < -0.3 is 10.6 Å². The van der Waals surface area contributed by atoms with Gasteiger partial charge in [0, 0.05) is 38.0 Å². The zero-order chi connectivity index (χ0) is 17.4. The summed E-state index contributed by atoms with van der Waals surface area (Å²) < 4.78 is 0. The van der Waals surface area contributed by atoms with Gasteiger partial charge in [-0.25, -0.2) is 4.98 Å². The number of para-hydroxylation sites is 1. The summed E-state index contributed by atoms with van der Waals surface area (Å²) in [5, 5.41) is 17.7. The summed E-state index contributed by atoms with van der Waals surface area (Å²) in [5.41, 5.74) is 1.75. The molecule has 1 aromatic carbocycles. The van der Waals surface area contributed by atoms with Gasteiger partial charge in [-0.2, -0.15) is 0 Å². The second-order valence-corrected chi connectivity index (χ2v) is 5.36. The number of guanidine groups is 1. The Morgan fingerprint density at radius 3 is 2.68 bits per heavy atom. The van der Waals surface area contributed by atoms with Gasteiger partial charge in [0.05, 0.1) is 4.92 Å². The molecule has 0 aliphatic carbocycles. The van der Waals surface area contributed by atoms with Crippen molar-refractivity contribution in [1.29, 1.82) is 0 Å². The molecule has 7 nitrogen and oxygen atoms in total. The Labute approximate surface area is 168 Å². The number of rotatable bonds is 6. The number of nitro benzene ring substituents is 1. The molecule has 0 bridgehead atoms. The lowest BCUT2D eigenvalue weighted by Crippen LogP contribution is -2.38. The molecular formula is C16H19ClIN5O2. The molecule has 0 saturated heterocycles. The molecule has 0 atom stereocenters. The van der Waals surface area contributed by atoms with E-state index in [0.29, 0.717) is 29.8 Å². The van der Waals surface area contributed by atoms with Crippen LogP contribution in [0.3, 0.4) is 0 Å². The fourth-order valence-electron chi connectivity index (χ4n) is 2.12. The molecule has 0 saturated carbocycles. The quantitative estimate of drug-likeness (QED) is 0.167. The Bertz CT molecular complexity index is 725. The summed E-state index contributed by atoms with van der Waals surface area (Å²) in [4.78, 5) is 18.8. The van der Waals surface area contributed by atoms with Crippen molar-refractivity contribution in [2.24, 2.45) is 4.99 Å². The highest BCUT2D eigenvalue weighted by Crippen LogP contribution is 2.16. The molecule has 0 amide bonds. The molecule has 2 N–H and O–H groups in total. The van der Waals surface area contributed by atoms with Crippen LogP contribution in [0.15, 0.2) is 47.6 Å². The number of aromatic nitrogens is 1. The van der Waals surface area contributed by atoms with Gasteiger partial charge in [0.2, 0.25) is 0 Å². The average Bonchev–Trinajstić information content (AvgIpc) is 2.59. The second-order valence-electron chi connectivity index (χ2n) is 4.98. The third-order valence-corrected chi connectivity index (χ3v) is 3.58. The Hall–Kier alpha value is -1.94. The highest BCUT2D eigenvalue weighted by molar-refractivity contribution is 14.0. The molecular weight excluding hydrogens is 457 g/mol. The number of halogens is 2. The minimum Gasteiger partial charge on any atom is -0.356 e. The Kier molecular flexibility index (Phi) is 9.14. The van der Waals surface area contributed by atoms with Crippen LogP contribution in [0.1, 0.15) is 11.1 Å². The maximum absolute atomic E-state index is 11.0. The lowest BCUT2D eigenvalue weighted by molar-refractivity contribution is -0.385. The SMILES string of the molecule is CN=C(NCCc1ccc(Cl)nc1)NCc1ccccc1[N+](=O)[O-].I. The van der Waals surface area contributed by atoms with Crippen molar-refractivity contribution in [1.82, 2.24) is 15.6 Å². The molecule has 1 heterocycles. The van der Waals surface area contributed by atoms with E-state index < -0.39 is 0 Å². The molecule has 0 fully saturated rings. The van der Waals surface area contributed by atoms with Crippen LogP contribution in [0, 0.1) is 10.1 Å². The molecule has 0 radical (unpaired) electrons. The van der Waals surface area contributed by atoms with Crippen LogP contribution in [0.4, 0.5) is 5.69 Å². The van der Waals surface area contributed by atoms with Crippen LogP contribution in [0.5, 0.6) is 0 Å². The predicted octanol–water partition coefficient (Wildman–Crippen LogP) is 3.17. The van der Waals surface area contributed by atoms with Gasteiger partial charge in [-0.1, -0.05) is 35.9 Å². The zero-order valence-electron chi connectivity index (χ0n) is 13.6. The normalized spacial score (nSPS) is 10.7. The molecule has 0 aliphatic rings. The lowest BCUT2D eigenvalue weighted by Gasteiger charge is -2.12. The monoisotopic (exact) mass is 475 g/mol. The summed E-state index contributed by atoms with van der Waals surface area (Å²) in [5.74, 6) is 0.579. The number of hydrogen-bond acceptors (Lipinski definition) is 4. The summed E-state index contributed by atoms with van der Waals surface area (Å²) in [6, 6.07) is 10.3. The van der Waals surface area contributed by atoms with Crippen LogP contribution in [0.25, 0.3) is 0 Å². The van der Waals surface area contributed by atoms with Gasteiger partial charge in [0.1, 0.15) is 5.15 Å². The number of hydrogen-bond donors (Lipinski definition) is 2. The van der Waals surface area contributed by atoms with Crippen molar-refractivity contribution in [3.05, 3.63) is 69.0 Å². The number of benzene rings is 1. The third kappa shape index (κ3) is 6.83. The minimum absolute atomic E-state index is 0. The second kappa shape index (κ2) is 10.8. The highest BCUT2D eigenvalue weighted by Gasteiger charge is 2.12. The van der Waals surface area contributed by atoms with Crippen LogP contribution in [-0.2, 0) is 13.0 Å². The van der Waals surface area contributed by atoms with Crippen molar-refractivity contribution < 1.29 is 4.92 Å². The van der Waals surface area contributed by atoms with E-state index in [2.05, 4.69) is 20.6 Å². The molecule has 0 spiro atoms. The van der Waals surface area contributed by atoms with Crippen molar-refractivity contribution >= 4 is 47.2 Å². The molecule has 2 rings (SSSR count). The lowest BCUT2D eigenvalue weighted by atomic mass is 10.2. The number of nitro groups is 1. The van der Waals surface area contributed by atoms with Gasteiger partial charge >= 0.3 is 0 Å². The van der Waals surface area contributed by atoms with E-state index in [1.165, 1.54) is 6.07 Å². The van der Waals surface area contributed by atoms with E-state index in [4.69, 9.17) is 11.6 Å². The molecule has 0 aliphatic heterocycles. The number of nitrogens with one attached hydrogen (secondary N) is 2. The first-order valence-corrected chi connectivity index (χ1v) is 7.75. The summed E-state index contributed by atoms with van der Waals surface area (Å²) in [6.45, 7) is 0.971.